The van der Waals surface area contributed by atoms with Crippen molar-refractivity contribution in [2.75, 3.05) is 0 Å². The minimum atomic E-state index is -1.06. The molecule has 14 heavy (non-hydrogen) atoms. The molecular weight excluding hydrogens is 180 g/mol. The fraction of sp³-hybridized carbons (Fsp3) is 0.300. The van der Waals surface area contributed by atoms with E-state index in [0.717, 1.165) is 5.56 Å². The third kappa shape index (κ3) is 2.46. The second kappa shape index (κ2) is 4.61. The van der Waals surface area contributed by atoms with Crippen molar-refractivity contribution in [2.24, 2.45) is 5.73 Å². The Morgan fingerprint density at radius 3 is 2.36 bits per heavy atom. The predicted octanol–water partition coefficient (Wildman–Crippen LogP) is 0.667. The molecule has 74 valence electrons. The van der Waals surface area contributed by atoms with Gasteiger partial charge in [-0.25, -0.2) is 0 Å². The van der Waals surface area contributed by atoms with E-state index < -0.39 is 12.1 Å². The Hall–Kier alpha value is -1.57. The lowest BCUT2D eigenvalue weighted by Crippen LogP contribution is -2.27. The van der Waals surface area contributed by atoms with Crippen LogP contribution in [0.4, 0.5) is 0 Å². The first kappa shape index (κ1) is 10.5. The molecule has 1 aromatic rings. The molecule has 1 rings (SSSR count). The number of phenolic OH excluding ortho intramolecular Hbond substituents is 1. The Labute approximate surface area is 82.2 Å². The van der Waals surface area contributed by atoms with Crippen LogP contribution in [-0.2, 0) is 0 Å². The topological polar surface area (TPSA) is 90.3 Å². The summed E-state index contributed by atoms with van der Waals surface area (Å²) < 4.78 is 0. The summed E-state index contributed by atoms with van der Waals surface area (Å²) in [5.41, 5.74) is 6.08. The molecule has 0 saturated heterocycles. The SMILES string of the molecule is N#CCC(c1ccc(O)cc1)C(N)O. The van der Waals surface area contributed by atoms with Gasteiger partial charge in [-0.1, -0.05) is 12.1 Å². The molecule has 0 saturated carbocycles. The van der Waals surface area contributed by atoms with Crippen LogP contribution in [-0.4, -0.2) is 16.4 Å². The van der Waals surface area contributed by atoms with E-state index in [-0.39, 0.29) is 12.2 Å². The summed E-state index contributed by atoms with van der Waals surface area (Å²) in [7, 11) is 0. The van der Waals surface area contributed by atoms with E-state index in [1.807, 2.05) is 6.07 Å². The molecule has 0 heterocycles. The van der Waals surface area contributed by atoms with Gasteiger partial charge in [0.05, 0.1) is 6.07 Å². The third-order valence-corrected chi connectivity index (χ3v) is 2.04. The molecule has 2 unspecified atom stereocenters. The number of nitrogens with two attached hydrogens (primary N) is 1. The molecule has 1 aromatic carbocycles. The summed E-state index contributed by atoms with van der Waals surface area (Å²) in [6.07, 6.45) is -0.901. The lowest BCUT2D eigenvalue weighted by Gasteiger charge is -2.16. The zero-order chi connectivity index (χ0) is 10.6. The van der Waals surface area contributed by atoms with Gasteiger partial charge in [-0.2, -0.15) is 5.26 Å². The minimum absolute atomic E-state index is 0.149. The van der Waals surface area contributed by atoms with Crippen LogP contribution in [0.25, 0.3) is 0 Å². The van der Waals surface area contributed by atoms with E-state index in [1.54, 1.807) is 12.1 Å². The molecule has 0 fully saturated rings. The van der Waals surface area contributed by atoms with Crippen molar-refractivity contribution >= 4 is 0 Å². The molecule has 2 atom stereocenters. The van der Waals surface area contributed by atoms with Crippen molar-refractivity contribution in [3.8, 4) is 11.8 Å². The van der Waals surface area contributed by atoms with Gasteiger partial charge in [0.15, 0.2) is 0 Å². The zero-order valence-corrected chi connectivity index (χ0v) is 7.59. The van der Waals surface area contributed by atoms with Crippen LogP contribution < -0.4 is 5.73 Å². The van der Waals surface area contributed by atoms with Crippen LogP contribution in [0, 0.1) is 11.3 Å². The van der Waals surface area contributed by atoms with Crippen LogP contribution in [0.5, 0.6) is 5.75 Å². The van der Waals surface area contributed by atoms with Crippen LogP contribution in [0.2, 0.25) is 0 Å². The Bertz CT molecular complexity index is 327. The highest BCUT2D eigenvalue weighted by molar-refractivity contribution is 5.29. The smallest absolute Gasteiger partial charge is 0.115 e. The number of aliphatic hydroxyl groups is 1. The van der Waals surface area contributed by atoms with E-state index in [1.165, 1.54) is 12.1 Å². The van der Waals surface area contributed by atoms with Gasteiger partial charge in [0, 0.05) is 12.3 Å². The number of benzene rings is 1. The van der Waals surface area contributed by atoms with Gasteiger partial charge in [0.2, 0.25) is 0 Å². The Morgan fingerprint density at radius 2 is 1.93 bits per heavy atom. The number of aromatic hydroxyl groups is 1. The molecule has 0 spiro atoms. The van der Waals surface area contributed by atoms with Gasteiger partial charge in [-0.3, -0.25) is 0 Å². The summed E-state index contributed by atoms with van der Waals surface area (Å²) in [6, 6.07) is 8.26. The quantitative estimate of drug-likeness (QED) is 0.614. The van der Waals surface area contributed by atoms with E-state index in [4.69, 9.17) is 16.1 Å². The summed E-state index contributed by atoms with van der Waals surface area (Å²) in [4.78, 5) is 0. The number of phenols is 1. The molecule has 0 aliphatic rings. The molecule has 4 heteroatoms. The van der Waals surface area contributed by atoms with Crippen molar-refractivity contribution in [3.63, 3.8) is 0 Å². The third-order valence-electron chi connectivity index (χ3n) is 2.04. The molecule has 4 nitrogen and oxygen atoms in total. The summed E-state index contributed by atoms with van der Waals surface area (Å²) in [6.45, 7) is 0. The number of hydrogen-bond acceptors (Lipinski definition) is 4. The number of nitriles is 1. The monoisotopic (exact) mass is 192 g/mol. The molecule has 0 radical (unpaired) electrons. The largest absolute Gasteiger partial charge is 0.508 e. The van der Waals surface area contributed by atoms with Crippen LogP contribution in [0.3, 0.4) is 0 Å². The van der Waals surface area contributed by atoms with Crippen LogP contribution in [0.1, 0.15) is 17.9 Å². The fourth-order valence-corrected chi connectivity index (χ4v) is 1.26. The molecule has 0 aromatic heterocycles. The van der Waals surface area contributed by atoms with Crippen molar-refractivity contribution < 1.29 is 10.2 Å². The lowest BCUT2D eigenvalue weighted by molar-refractivity contribution is 0.151. The van der Waals surface area contributed by atoms with Crippen molar-refractivity contribution in [3.05, 3.63) is 29.8 Å². The minimum Gasteiger partial charge on any atom is -0.508 e. The van der Waals surface area contributed by atoms with Crippen LogP contribution >= 0.6 is 0 Å². The number of nitrogens with zero attached hydrogens (tertiary/aromatic N) is 1. The summed E-state index contributed by atoms with van der Waals surface area (Å²) >= 11 is 0. The van der Waals surface area contributed by atoms with Crippen molar-refractivity contribution in [1.82, 2.24) is 0 Å². The first-order chi connectivity index (χ1) is 6.65. The maximum atomic E-state index is 9.23. The highest BCUT2D eigenvalue weighted by Gasteiger charge is 2.17. The number of rotatable bonds is 3. The second-order valence-electron chi connectivity index (χ2n) is 3.05. The zero-order valence-electron chi connectivity index (χ0n) is 7.59. The predicted molar refractivity (Wildman–Crippen MR) is 51.3 cm³/mol. The summed E-state index contributed by atoms with van der Waals surface area (Å²) in [5, 5.41) is 26.8. The Kier molecular flexibility index (Phi) is 3.46. The van der Waals surface area contributed by atoms with E-state index in [2.05, 4.69) is 0 Å². The standard InChI is InChI=1S/C10H12N2O2/c11-6-5-9(10(12)14)7-1-3-8(13)4-2-7/h1-4,9-10,13-14H,5,12H2. The molecule has 0 amide bonds. The first-order valence-electron chi connectivity index (χ1n) is 4.24. The van der Waals surface area contributed by atoms with Gasteiger partial charge in [0.25, 0.3) is 0 Å². The normalized spacial score (nSPS) is 14.4. The van der Waals surface area contributed by atoms with Crippen LogP contribution in [0.15, 0.2) is 24.3 Å². The first-order valence-corrected chi connectivity index (χ1v) is 4.24. The second-order valence-corrected chi connectivity index (χ2v) is 3.05. The van der Waals surface area contributed by atoms with Crippen molar-refractivity contribution in [1.29, 1.82) is 5.26 Å². The maximum Gasteiger partial charge on any atom is 0.115 e. The van der Waals surface area contributed by atoms with E-state index in [9.17, 15) is 5.11 Å². The Balaban J connectivity index is 2.89. The van der Waals surface area contributed by atoms with Gasteiger partial charge < -0.3 is 15.9 Å². The fourth-order valence-electron chi connectivity index (χ4n) is 1.26. The molecular formula is C10H12N2O2. The lowest BCUT2D eigenvalue weighted by atomic mass is 9.95. The van der Waals surface area contributed by atoms with E-state index >= 15 is 0 Å². The maximum absolute atomic E-state index is 9.23. The van der Waals surface area contributed by atoms with Crippen molar-refractivity contribution in [2.45, 2.75) is 18.6 Å². The number of hydrogen-bond donors (Lipinski definition) is 3. The average Bonchev–Trinajstić information content (AvgIpc) is 2.15. The van der Waals surface area contributed by atoms with Gasteiger partial charge in [-0.15, -0.1) is 0 Å². The highest BCUT2D eigenvalue weighted by atomic mass is 16.3. The highest BCUT2D eigenvalue weighted by Crippen LogP contribution is 2.22. The van der Waals surface area contributed by atoms with Gasteiger partial charge in [-0.05, 0) is 17.7 Å². The molecule has 4 N–H and O–H groups in total. The molecule has 0 bridgehead atoms. The Morgan fingerprint density at radius 1 is 1.36 bits per heavy atom. The molecule has 0 aliphatic heterocycles. The number of aliphatic hydroxyl groups excluding tert-OH is 1. The average molecular weight is 192 g/mol. The summed E-state index contributed by atoms with van der Waals surface area (Å²) in [5.74, 6) is -0.253. The molecule has 0 aliphatic carbocycles. The van der Waals surface area contributed by atoms with Gasteiger partial charge >= 0.3 is 0 Å². The van der Waals surface area contributed by atoms with E-state index in [0.29, 0.717) is 0 Å². The van der Waals surface area contributed by atoms with Gasteiger partial charge in [0.1, 0.15) is 12.0 Å².